The third kappa shape index (κ3) is 8.29. The zero-order chi connectivity index (χ0) is 35.7. The molecule has 254 valence electrons. The van der Waals surface area contributed by atoms with E-state index < -0.39 is 31.9 Å². The number of amides is 2. The SMILES string of the molecule is CN(c1ccc(C(=O)N/N=C/c2ccc(/C=N/NC(=O)c3ccc(N(C)S(=O)(=O)c4ccccc4)cc3)cc2)cc1)S(=O)(=O)c1ccccc1. The maximum atomic E-state index is 12.9. The van der Waals surface area contributed by atoms with Crippen LogP contribution in [0.4, 0.5) is 11.4 Å². The molecule has 0 radical (unpaired) electrons. The van der Waals surface area contributed by atoms with Gasteiger partial charge in [0.2, 0.25) is 0 Å². The number of nitrogens with one attached hydrogen (secondary N) is 2. The van der Waals surface area contributed by atoms with Gasteiger partial charge >= 0.3 is 0 Å². The molecule has 5 aromatic rings. The first-order valence-electron chi connectivity index (χ1n) is 15.0. The van der Waals surface area contributed by atoms with Gasteiger partial charge in [-0.2, -0.15) is 10.2 Å². The predicted molar refractivity (Wildman–Crippen MR) is 194 cm³/mol. The van der Waals surface area contributed by atoms with Crippen LogP contribution in [-0.4, -0.2) is 55.2 Å². The zero-order valence-corrected chi connectivity index (χ0v) is 28.5. The molecule has 0 aliphatic heterocycles. The summed E-state index contributed by atoms with van der Waals surface area (Å²) in [4.78, 5) is 25.5. The Labute approximate surface area is 290 Å². The Morgan fingerprint density at radius 3 is 1.14 bits per heavy atom. The lowest BCUT2D eigenvalue weighted by Crippen LogP contribution is -2.26. The Kier molecular flexibility index (Phi) is 10.8. The van der Waals surface area contributed by atoms with E-state index >= 15 is 0 Å². The second kappa shape index (κ2) is 15.4. The number of anilines is 2. The van der Waals surface area contributed by atoms with Crippen LogP contribution in [0.15, 0.2) is 153 Å². The molecule has 0 aliphatic carbocycles. The molecule has 0 saturated carbocycles. The Morgan fingerprint density at radius 1 is 0.500 bits per heavy atom. The van der Waals surface area contributed by atoms with Gasteiger partial charge in [-0.15, -0.1) is 0 Å². The van der Waals surface area contributed by atoms with Gasteiger partial charge in [0.25, 0.3) is 31.9 Å². The fourth-order valence-electron chi connectivity index (χ4n) is 4.55. The van der Waals surface area contributed by atoms with Gasteiger partial charge in [0.1, 0.15) is 0 Å². The van der Waals surface area contributed by atoms with Crippen molar-refractivity contribution in [3.63, 3.8) is 0 Å². The fourth-order valence-corrected chi connectivity index (χ4v) is 6.99. The van der Waals surface area contributed by atoms with E-state index in [9.17, 15) is 26.4 Å². The summed E-state index contributed by atoms with van der Waals surface area (Å²) in [5.41, 5.74) is 7.65. The van der Waals surface area contributed by atoms with E-state index in [1.807, 2.05) is 0 Å². The van der Waals surface area contributed by atoms with Crippen molar-refractivity contribution < 1.29 is 26.4 Å². The summed E-state index contributed by atoms with van der Waals surface area (Å²) in [6.45, 7) is 0. The molecular weight excluding hydrogens is 677 g/mol. The fraction of sp³-hybridized carbons (Fsp3) is 0.0556. The minimum atomic E-state index is -3.74. The van der Waals surface area contributed by atoms with Gasteiger partial charge < -0.3 is 0 Å². The van der Waals surface area contributed by atoms with Crippen LogP contribution in [0.3, 0.4) is 0 Å². The highest BCUT2D eigenvalue weighted by molar-refractivity contribution is 7.93. The number of carbonyl (C=O) groups is 2. The average Bonchev–Trinajstić information content (AvgIpc) is 3.15. The third-order valence-corrected chi connectivity index (χ3v) is 11.1. The van der Waals surface area contributed by atoms with E-state index in [0.29, 0.717) is 33.6 Å². The molecule has 50 heavy (non-hydrogen) atoms. The lowest BCUT2D eigenvalue weighted by molar-refractivity contribution is 0.0947. The Morgan fingerprint density at radius 2 is 0.820 bits per heavy atom. The molecule has 14 heteroatoms. The summed E-state index contributed by atoms with van der Waals surface area (Å²) >= 11 is 0. The van der Waals surface area contributed by atoms with E-state index in [1.165, 1.54) is 75.1 Å². The molecule has 0 aliphatic rings. The number of carbonyl (C=O) groups excluding carboxylic acids is 2. The number of nitrogens with zero attached hydrogens (tertiary/aromatic N) is 4. The Hall–Kier alpha value is -6.12. The van der Waals surface area contributed by atoms with Crippen LogP contribution < -0.4 is 19.5 Å². The van der Waals surface area contributed by atoms with Crippen molar-refractivity contribution in [2.75, 3.05) is 22.7 Å². The second-order valence-electron chi connectivity index (χ2n) is 10.7. The number of hydrogen-bond donors (Lipinski definition) is 2. The van der Waals surface area contributed by atoms with Crippen molar-refractivity contribution in [3.8, 4) is 0 Å². The normalized spacial score (nSPS) is 11.7. The van der Waals surface area contributed by atoms with Gasteiger partial charge in [-0.1, -0.05) is 60.7 Å². The topological polar surface area (TPSA) is 158 Å². The van der Waals surface area contributed by atoms with Gasteiger partial charge in [-0.05, 0) is 83.9 Å². The van der Waals surface area contributed by atoms with E-state index in [-0.39, 0.29) is 9.79 Å². The van der Waals surface area contributed by atoms with Crippen molar-refractivity contribution in [1.29, 1.82) is 0 Å². The number of hydrazone groups is 2. The van der Waals surface area contributed by atoms with Crippen molar-refractivity contribution in [1.82, 2.24) is 10.9 Å². The average molecular weight is 709 g/mol. The van der Waals surface area contributed by atoms with Crippen LogP contribution in [0.25, 0.3) is 0 Å². The van der Waals surface area contributed by atoms with Gasteiger partial charge in [0.05, 0.1) is 33.6 Å². The zero-order valence-electron chi connectivity index (χ0n) is 26.9. The minimum Gasteiger partial charge on any atom is -0.269 e. The van der Waals surface area contributed by atoms with Crippen LogP contribution >= 0.6 is 0 Å². The molecule has 0 heterocycles. The summed E-state index contributed by atoms with van der Waals surface area (Å²) in [6.07, 6.45) is 2.92. The smallest absolute Gasteiger partial charge is 0.269 e. The van der Waals surface area contributed by atoms with Crippen LogP contribution in [-0.2, 0) is 20.0 Å². The van der Waals surface area contributed by atoms with Crippen LogP contribution in [0.2, 0.25) is 0 Å². The highest BCUT2D eigenvalue weighted by Gasteiger charge is 2.22. The van der Waals surface area contributed by atoms with Crippen molar-refractivity contribution >= 4 is 55.7 Å². The molecule has 0 aromatic heterocycles. The van der Waals surface area contributed by atoms with Crippen molar-refractivity contribution in [2.24, 2.45) is 10.2 Å². The first-order valence-corrected chi connectivity index (χ1v) is 17.9. The molecule has 0 unspecified atom stereocenters. The molecule has 0 atom stereocenters. The molecule has 5 rings (SSSR count). The first kappa shape index (κ1) is 35.2. The second-order valence-corrected chi connectivity index (χ2v) is 14.7. The van der Waals surface area contributed by atoms with Crippen molar-refractivity contribution in [3.05, 3.63) is 156 Å². The van der Waals surface area contributed by atoms with Gasteiger partial charge in [0.15, 0.2) is 0 Å². The quantitative estimate of drug-likeness (QED) is 0.139. The molecule has 2 N–H and O–H groups in total. The Balaban J connectivity index is 1.10. The highest BCUT2D eigenvalue weighted by atomic mass is 32.2. The van der Waals surface area contributed by atoms with Gasteiger partial charge in [-0.3, -0.25) is 18.2 Å². The van der Waals surface area contributed by atoms with Crippen LogP contribution in [0.1, 0.15) is 31.8 Å². The lowest BCUT2D eigenvalue weighted by Gasteiger charge is -2.19. The van der Waals surface area contributed by atoms with E-state index in [4.69, 9.17) is 0 Å². The van der Waals surface area contributed by atoms with E-state index in [1.54, 1.807) is 84.9 Å². The molecule has 12 nitrogen and oxygen atoms in total. The molecule has 2 amide bonds. The van der Waals surface area contributed by atoms with Gasteiger partial charge in [0, 0.05) is 25.2 Å². The third-order valence-electron chi connectivity index (χ3n) is 7.49. The van der Waals surface area contributed by atoms with Gasteiger partial charge in [-0.25, -0.2) is 27.7 Å². The summed E-state index contributed by atoms with van der Waals surface area (Å²) in [5, 5.41) is 7.98. The molecule has 0 fully saturated rings. The standard InChI is InChI=1S/C36H32N6O6S2/c1-41(49(45,46)33-9-5-3-6-10-33)31-21-17-29(18-22-31)35(43)39-37-25-27-13-15-28(16-14-27)26-38-40-36(44)30-19-23-32(24-20-30)42(2)50(47,48)34-11-7-4-8-12-34/h3-26H,1-2H3,(H,39,43)(H,40,44)/b37-25+,38-26+. The predicted octanol–water partition coefficient (Wildman–Crippen LogP) is 4.86. The monoisotopic (exact) mass is 708 g/mol. The largest absolute Gasteiger partial charge is 0.271 e. The summed E-state index contributed by atoms with van der Waals surface area (Å²) in [7, 11) is -4.60. The van der Waals surface area contributed by atoms with Crippen LogP contribution in [0.5, 0.6) is 0 Å². The Bertz CT molecular complexity index is 2070. The maximum Gasteiger partial charge on any atom is 0.271 e. The highest BCUT2D eigenvalue weighted by Crippen LogP contribution is 2.23. The molecule has 0 spiro atoms. The van der Waals surface area contributed by atoms with E-state index in [0.717, 1.165) is 8.61 Å². The summed E-state index contributed by atoms with van der Waals surface area (Å²) < 4.78 is 53.7. The number of sulfonamides is 2. The molecule has 5 aromatic carbocycles. The number of rotatable bonds is 12. The first-order chi connectivity index (χ1) is 24.0. The summed E-state index contributed by atoms with van der Waals surface area (Å²) in [5.74, 6) is -0.945. The number of hydrogen-bond acceptors (Lipinski definition) is 8. The molecule has 0 bridgehead atoms. The molecular formula is C36H32N6O6S2. The summed E-state index contributed by atoms with van der Waals surface area (Å²) in [6, 6.07) is 35.3. The number of benzene rings is 5. The van der Waals surface area contributed by atoms with Crippen LogP contribution in [0, 0.1) is 0 Å². The minimum absolute atomic E-state index is 0.162. The lowest BCUT2D eigenvalue weighted by atomic mass is 10.2. The van der Waals surface area contributed by atoms with Crippen molar-refractivity contribution in [2.45, 2.75) is 9.79 Å². The molecule has 0 saturated heterocycles. The maximum absolute atomic E-state index is 12.9. The van der Waals surface area contributed by atoms with E-state index in [2.05, 4.69) is 21.1 Å².